The van der Waals surface area contributed by atoms with Crippen LogP contribution < -0.4 is 0 Å². The lowest BCUT2D eigenvalue weighted by molar-refractivity contribution is -0.336. The maximum Gasteiger partial charge on any atom is 0.308 e. The van der Waals surface area contributed by atoms with Gasteiger partial charge < -0.3 is 64.5 Å². The van der Waals surface area contributed by atoms with Crippen LogP contribution in [0.25, 0.3) is 0 Å². The first-order valence-corrected chi connectivity index (χ1v) is 12.5. The number of carbonyl (C=O) groups is 2. The van der Waals surface area contributed by atoms with Gasteiger partial charge in [0.1, 0.15) is 48.5 Å². The Bertz CT molecular complexity index is 985. The number of aliphatic hydroxyl groups is 6. The molecule has 15 nitrogen and oxygen atoms in total. The van der Waals surface area contributed by atoms with Crippen LogP contribution in [-0.2, 0) is 39.7 Å². The third-order valence-electron chi connectivity index (χ3n) is 6.59. The zero-order valence-electron chi connectivity index (χ0n) is 21.7. The molecule has 2 aliphatic heterocycles. The first-order valence-electron chi connectivity index (χ1n) is 12.5. The summed E-state index contributed by atoms with van der Waals surface area (Å²) in [5.41, 5.74) is -3.11. The first kappa shape index (κ1) is 32.1. The molecule has 0 saturated carbocycles. The van der Waals surface area contributed by atoms with Crippen LogP contribution in [0.2, 0.25) is 0 Å². The van der Waals surface area contributed by atoms with E-state index in [1.165, 1.54) is 12.1 Å². The minimum Gasteiger partial charge on any atom is -0.508 e. The molecule has 1 aromatic rings. The van der Waals surface area contributed by atoms with Crippen LogP contribution in [0, 0.1) is 0 Å². The normalized spacial score (nSPS) is 33.8. The van der Waals surface area contributed by atoms with Crippen molar-refractivity contribution in [3.05, 3.63) is 29.8 Å². The highest BCUT2D eigenvalue weighted by Gasteiger charge is 2.53. The maximum absolute atomic E-state index is 12.2. The van der Waals surface area contributed by atoms with Crippen molar-refractivity contribution in [3.63, 3.8) is 0 Å². The maximum atomic E-state index is 12.2. The van der Waals surface area contributed by atoms with E-state index in [2.05, 4.69) is 0 Å². The molecular formula is C25H36O15. The van der Waals surface area contributed by atoms with Crippen LogP contribution in [0.3, 0.4) is 0 Å². The van der Waals surface area contributed by atoms with Gasteiger partial charge in [0.05, 0.1) is 38.3 Å². The number of esters is 1. The molecular weight excluding hydrogens is 540 g/mol. The van der Waals surface area contributed by atoms with E-state index in [-0.39, 0.29) is 12.4 Å². The Balaban J connectivity index is 1.67. The lowest BCUT2D eigenvalue weighted by atomic mass is 9.97. The van der Waals surface area contributed by atoms with Crippen LogP contribution in [0.5, 0.6) is 5.75 Å². The number of aliphatic hydroxyl groups excluding tert-OH is 4. The Kier molecular flexibility index (Phi) is 10.8. The second-order valence-corrected chi connectivity index (χ2v) is 10.2. The summed E-state index contributed by atoms with van der Waals surface area (Å²) in [6.45, 7) is -0.762. The van der Waals surface area contributed by atoms with Gasteiger partial charge in [0.25, 0.3) is 0 Å². The molecule has 2 saturated heterocycles. The number of benzene rings is 1. The predicted octanol–water partition coefficient (Wildman–Crippen LogP) is -2.62. The van der Waals surface area contributed by atoms with Gasteiger partial charge in [-0.25, -0.2) is 0 Å². The first-order chi connectivity index (χ1) is 18.7. The highest BCUT2D eigenvalue weighted by molar-refractivity contribution is 5.73. The van der Waals surface area contributed by atoms with Gasteiger partial charge in [-0.3, -0.25) is 9.59 Å². The molecule has 2 fully saturated rings. The van der Waals surface area contributed by atoms with Crippen LogP contribution in [-0.4, -0.2) is 134 Å². The molecule has 0 spiro atoms. The van der Waals surface area contributed by atoms with E-state index < -0.39 is 98.9 Å². The smallest absolute Gasteiger partial charge is 0.308 e. The van der Waals surface area contributed by atoms with Gasteiger partial charge in [0.2, 0.25) is 0 Å². The molecule has 2 aliphatic rings. The highest BCUT2D eigenvalue weighted by atomic mass is 16.8. The summed E-state index contributed by atoms with van der Waals surface area (Å²) in [6, 6.07) is 6.29. The van der Waals surface area contributed by atoms with Crippen LogP contribution in [0.4, 0.5) is 0 Å². The van der Waals surface area contributed by atoms with Crippen molar-refractivity contribution in [1.82, 2.24) is 0 Å². The number of carbonyl (C=O) groups excluding carboxylic acids is 1. The Labute approximate surface area is 229 Å². The summed E-state index contributed by atoms with van der Waals surface area (Å²) in [6.07, 6.45) is -11.9. The average molecular weight is 577 g/mol. The number of phenolic OH excluding ortho intramolecular Hbond substituents is 1. The molecule has 9 atom stereocenters. The van der Waals surface area contributed by atoms with Crippen LogP contribution >= 0.6 is 0 Å². The Morgan fingerprint density at radius 2 is 1.77 bits per heavy atom. The molecule has 0 amide bonds. The molecule has 1 aromatic carbocycles. The quantitative estimate of drug-likeness (QED) is 0.112. The Hall–Kier alpha value is -2.44. The van der Waals surface area contributed by atoms with Crippen molar-refractivity contribution in [3.8, 4) is 5.75 Å². The topological polar surface area (TPSA) is 242 Å². The van der Waals surface area contributed by atoms with Gasteiger partial charge in [-0.2, -0.15) is 0 Å². The van der Waals surface area contributed by atoms with E-state index in [1.54, 1.807) is 12.1 Å². The van der Waals surface area contributed by atoms with Gasteiger partial charge in [0.15, 0.2) is 12.6 Å². The zero-order chi connectivity index (χ0) is 29.7. The molecule has 8 N–H and O–H groups in total. The number of carboxylic acids is 1. The Morgan fingerprint density at radius 1 is 1.10 bits per heavy atom. The monoisotopic (exact) mass is 576 g/mol. The van der Waals surface area contributed by atoms with Gasteiger partial charge >= 0.3 is 11.9 Å². The number of hydrogen-bond acceptors (Lipinski definition) is 14. The predicted molar refractivity (Wildman–Crippen MR) is 130 cm³/mol. The number of aromatic hydroxyl groups is 1. The average Bonchev–Trinajstić information content (AvgIpc) is 3.16. The number of carboxylic acid groups (broad SMARTS) is 1. The molecule has 0 radical (unpaired) electrons. The van der Waals surface area contributed by atoms with Crippen LogP contribution in [0.1, 0.15) is 25.3 Å². The summed E-state index contributed by atoms with van der Waals surface area (Å²) >= 11 is 0. The molecule has 226 valence electrons. The van der Waals surface area contributed by atoms with Gasteiger partial charge in [-0.1, -0.05) is 12.1 Å². The van der Waals surface area contributed by atoms with Crippen molar-refractivity contribution >= 4 is 11.9 Å². The van der Waals surface area contributed by atoms with E-state index in [0.29, 0.717) is 6.42 Å². The molecule has 0 bridgehead atoms. The second-order valence-electron chi connectivity index (χ2n) is 10.2. The van der Waals surface area contributed by atoms with E-state index >= 15 is 0 Å². The number of aliphatic carboxylic acids is 1. The summed E-state index contributed by atoms with van der Waals surface area (Å²) in [5.74, 6) is -2.23. The SMILES string of the molecule is CC(O)(CC(=O)O)CC(=O)OC[C@H]1O[C@@H](OCCc2ccc(O)cc2)[C@H](O[C@@H]2OC[C@](O)(CO)[C@H]2O)[C@@H](O)[C@@H]1O. The van der Waals surface area contributed by atoms with E-state index in [1.807, 2.05) is 0 Å². The second kappa shape index (κ2) is 13.5. The largest absolute Gasteiger partial charge is 0.508 e. The van der Waals surface area contributed by atoms with E-state index in [0.717, 1.165) is 12.5 Å². The molecule has 0 aromatic heterocycles. The summed E-state index contributed by atoms with van der Waals surface area (Å²) < 4.78 is 27.4. The fourth-order valence-electron chi connectivity index (χ4n) is 4.27. The standard InChI is InChI=1S/C25H36O15/c1-24(34,8-16(28)29)9-17(30)37-10-15-18(31)19(32)20(40-23-21(33)25(35,11-26)12-38-23)22(39-15)36-7-6-13-2-4-14(27)5-3-13/h2-5,15,18-23,26-27,31-35H,6-12H2,1H3,(H,28,29)/t15-,18-,19+,20-,21+,22-,23+,24?,25-/m1/s1. The van der Waals surface area contributed by atoms with Crippen LogP contribution in [0.15, 0.2) is 24.3 Å². The third kappa shape index (κ3) is 8.29. The van der Waals surface area contributed by atoms with Crippen molar-refractivity contribution < 1.29 is 74.1 Å². The molecule has 3 rings (SSSR count). The number of ether oxygens (including phenoxy) is 5. The molecule has 1 unspecified atom stereocenters. The van der Waals surface area contributed by atoms with Crippen molar-refractivity contribution in [2.75, 3.05) is 26.4 Å². The summed E-state index contributed by atoms with van der Waals surface area (Å²) in [5, 5.41) is 79.8. The molecule has 15 heteroatoms. The number of phenols is 1. The molecule has 2 heterocycles. The fraction of sp³-hybridized carbons (Fsp3) is 0.680. The lowest BCUT2D eigenvalue weighted by Crippen LogP contribution is -2.61. The van der Waals surface area contributed by atoms with E-state index in [9.17, 15) is 45.3 Å². The minimum absolute atomic E-state index is 0.00264. The third-order valence-corrected chi connectivity index (χ3v) is 6.59. The molecule has 40 heavy (non-hydrogen) atoms. The highest BCUT2D eigenvalue weighted by Crippen LogP contribution is 2.31. The van der Waals surface area contributed by atoms with E-state index in [4.69, 9.17) is 28.8 Å². The van der Waals surface area contributed by atoms with Crippen molar-refractivity contribution in [2.24, 2.45) is 0 Å². The van der Waals surface area contributed by atoms with Gasteiger partial charge in [0, 0.05) is 0 Å². The fourth-order valence-corrected chi connectivity index (χ4v) is 4.27. The summed E-state index contributed by atoms with van der Waals surface area (Å²) in [7, 11) is 0. The van der Waals surface area contributed by atoms with Crippen molar-refractivity contribution in [1.29, 1.82) is 0 Å². The number of rotatable bonds is 13. The van der Waals surface area contributed by atoms with Gasteiger partial charge in [-0.15, -0.1) is 0 Å². The Morgan fingerprint density at radius 3 is 2.38 bits per heavy atom. The van der Waals surface area contributed by atoms with Crippen molar-refractivity contribution in [2.45, 2.75) is 80.5 Å². The summed E-state index contributed by atoms with van der Waals surface area (Å²) in [4.78, 5) is 23.0. The molecule has 0 aliphatic carbocycles. The lowest BCUT2D eigenvalue weighted by Gasteiger charge is -2.43. The zero-order valence-corrected chi connectivity index (χ0v) is 21.7. The minimum atomic E-state index is -2.02. The number of hydrogen-bond donors (Lipinski definition) is 8. The van der Waals surface area contributed by atoms with Gasteiger partial charge in [-0.05, 0) is 31.0 Å².